The predicted octanol–water partition coefficient (Wildman–Crippen LogP) is 3.88. The van der Waals surface area contributed by atoms with Crippen LogP contribution in [0.25, 0.3) is 0 Å². The van der Waals surface area contributed by atoms with E-state index in [0.717, 1.165) is 28.9 Å². The molecule has 0 bridgehead atoms. The first-order chi connectivity index (χ1) is 12.4. The zero-order valence-electron chi connectivity index (χ0n) is 15.8. The van der Waals surface area contributed by atoms with Gasteiger partial charge in [-0.15, -0.1) is 0 Å². The monoisotopic (exact) mass is 353 g/mol. The molecule has 0 aliphatic rings. The molecule has 0 saturated heterocycles. The van der Waals surface area contributed by atoms with Crippen LogP contribution in [0.4, 0.5) is 11.4 Å². The Morgan fingerprint density at radius 2 is 1.81 bits per heavy atom. The number of aryl methyl sites for hydroxylation is 1. The van der Waals surface area contributed by atoms with Crippen LogP contribution in [-0.2, 0) is 4.79 Å². The molecule has 0 fully saturated rings. The zero-order valence-corrected chi connectivity index (χ0v) is 15.8. The Kier molecular flexibility index (Phi) is 6.78. The second kappa shape index (κ2) is 9.04. The van der Waals surface area contributed by atoms with Crippen LogP contribution in [0.15, 0.2) is 42.5 Å². The highest BCUT2D eigenvalue weighted by molar-refractivity contribution is 5.96. The highest BCUT2D eigenvalue weighted by Gasteiger charge is 2.10. The van der Waals surface area contributed by atoms with Crippen molar-refractivity contribution in [2.75, 3.05) is 17.2 Å². The van der Waals surface area contributed by atoms with Crippen molar-refractivity contribution in [3.63, 3.8) is 0 Å². The van der Waals surface area contributed by atoms with Gasteiger partial charge in [-0.1, -0.05) is 25.1 Å². The molecule has 0 aromatic heterocycles. The fourth-order valence-corrected chi connectivity index (χ4v) is 2.44. The van der Waals surface area contributed by atoms with Crippen molar-refractivity contribution in [2.45, 2.75) is 40.2 Å². The van der Waals surface area contributed by atoms with Crippen molar-refractivity contribution in [2.24, 2.45) is 0 Å². The second-order valence-corrected chi connectivity index (χ2v) is 6.51. The average Bonchev–Trinajstić information content (AvgIpc) is 2.64. The fourth-order valence-electron chi connectivity index (χ4n) is 2.44. The average molecular weight is 353 g/mol. The summed E-state index contributed by atoms with van der Waals surface area (Å²) in [7, 11) is 0. The summed E-state index contributed by atoms with van der Waals surface area (Å²) >= 11 is 0. The van der Waals surface area contributed by atoms with E-state index in [9.17, 15) is 9.59 Å². The minimum absolute atomic E-state index is 0.108. The Morgan fingerprint density at radius 3 is 2.54 bits per heavy atom. The minimum atomic E-state index is -0.131. The van der Waals surface area contributed by atoms with Gasteiger partial charge in [0, 0.05) is 23.0 Å². The quantitative estimate of drug-likeness (QED) is 0.707. The summed E-state index contributed by atoms with van der Waals surface area (Å²) in [5, 5.41) is 8.92. The van der Waals surface area contributed by atoms with Crippen molar-refractivity contribution in [1.29, 1.82) is 0 Å². The van der Waals surface area contributed by atoms with Gasteiger partial charge in [-0.3, -0.25) is 9.59 Å². The van der Waals surface area contributed by atoms with E-state index in [4.69, 9.17) is 0 Å². The molecular weight excluding hydrogens is 326 g/mol. The van der Waals surface area contributed by atoms with Gasteiger partial charge in [-0.25, -0.2) is 0 Å². The van der Waals surface area contributed by atoms with Crippen LogP contribution in [-0.4, -0.2) is 24.4 Å². The Bertz CT molecular complexity index is 787. The van der Waals surface area contributed by atoms with E-state index >= 15 is 0 Å². The van der Waals surface area contributed by atoms with Gasteiger partial charge in [0.05, 0.1) is 6.54 Å². The maximum Gasteiger partial charge on any atom is 0.251 e. The van der Waals surface area contributed by atoms with Crippen LogP contribution in [0.3, 0.4) is 0 Å². The largest absolute Gasteiger partial charge is 0.376 e. The third-order valence-corrected chi connectivity index (χ3v) is 4.45. The van der Waals surface area contributed by atoms with Crippen molar-refractivity contribution in [3.8, 4) is 0 Å². The van der Waals surface area contributed by atoms with Crippen molar-refractivity contribution < 1.29 is 9.59 Å². The number of amides is 2. The molecule has 1 unspecified atom stereocenters. The Labute approximate surface area is 155 Å². The van der Waals surface area contributed by atoms with Gasteiger partial charge in [0.1, 0.15) is 0 Å². The molecule has 138 valence electrons. The lowest BCUT2D eigenvalue weighted by Gasteiger charge is -2.13. The maximum atomic E-state index is 12.2. The number of carbonyl (C=O) groups excluding carboxylic acids is 2. The first kappa shape index (κ1) is 19.5. The number of anilines is 2. The Balaban J connectivity index is 1.95. The molecule has 5 nitrogen and oxygen atoms in total. The number of hydrogen-bond donors (Lipinski definition) is 3. The highest BCUT2D eigenvalue weighted by atomic mass is 16.2. The smallest absolute Gasteiger partial charge is 0.251 e. The van der Waals surface area contributed by atoms with Crippen LogP contribution in [0.2, 0.25) is 0 Å². The molecule has 2 aromatic carbocycles. The molecule has 26 heavy (non-hydrogen) atoms. The van der Waals surface area contributed by atoms with Crippen LogP contribution in [0, 0.1) is 13.8 Å². The van der Waals surface area contributed by atoms with Crippen molar-refractivity contribution in [3.05, 3.63) is 59.2 Å². The van der Waals surface area contributed by atoms with Crippen molar-refractivity contribution in [1.82, 2.24) is 5.32 Å². The predicted molar refractivity (Wildman–Crippen MR) is 107 cm³/mol. The normalized spacial score (nSPS) is 11.5. The Morgan fingerprint density at radius 1 is 1.08 bits per heavy atom. The van der Waals surface area contributed by atoms with Gasteiger partial charge in [-0.05, 0) is 62.6 Å². The standard InChI is InChI=1S/C21H27N3O2/c1-5-15(3)23-21(26)17-9-7-10-18(12-17)22-13-20(25)24-19-11-6-8-14(2)16(19)4/h6-12,15,22H,5,13H2,1-4H3,(H,23,26)(H,24,25). The summed E-state index contributed by atoms with van der Waals surface area (Å²) in [6.45, 7) is 8.12. The number of benzene rings is 2. The van der Waals surface area contributed by atoms with Gasteiger partial charge in [0.15, 0.2) is 0 Å². The molecule has 0 heterocycles. The molecular formula is C21H27N3O2. The first-order valence-corrected chi connectivity index (χ1v) is 8.91. The summed E-state index contributed by atoms with van der Waals surface area (Å²) in [4.78, 5) is 24.4. The Hall–Kier alpha value is -2.82. The molecule has 0 aliphatic heterocycles. The fraction of sp³-hybridized carbons (Fsp3) is 0.333. The van der Waals surface area contributed by atoms with Gasteiger partial charge in [0.2, 0.25) is 5.91 Å². The lowest BCUT2D eigenvalue weighted by Crippen LogP contribution is -2.31. The zero-order chi connectivity index (χ0) is 19.1. The van der Waals surface area contributed by atoms with Crippen LogP contribution < -0.4 is 16.0 Å². The van der Waals surface area contributed by atoms with E-state index in [2.05, 4.69) is 16.0 Å². The summed E-state index contributed by atoms with van der Waals surface area (Å²) < 4.78 is 0. The van der Waals surface area contributed by atoms with Crippen LogP contribution in [0.5, 0.6) is 0 Å². The van der Waals surface area contributed by atoms with E-state index in [0.29, 0.717) is 5.56 Å². The van der Waals surface area contributed by atoms with E-state index in [1.165, 1.54) is 0 Å². The van der Waals surface area contributed by atoms with Gasteiger partial charge >= 0.3 is 0 Å². The molecule has 2 rings (SSSR count). The SMILES string of the molecule is CCC(C)NC(=O)c1cccc(NCC(=O)Nc2cccc(C)c2C)c1. The molecule has 3 N–H and O–H groups in total. The van der Waals surface area contributed by atoms with Gasteiger partial charge in [0.25, 0.3) is 5.91 Å². The van der Waals surface area contributed by atoms with Gasteiger partial charge in [-0.2, -0.15) is 0 Å². The van der Waals surface area contributed by atoms with E-state index in [1.807, 2.05) is 52.0 Å². The topological polar surface area (TPSA) is 70.2 Å². The minimum Gasteiger partial charge on any atom is -0.376 e. The number of nitrogens with one attached hydrogen (secondary N) is 3. The molecule has 0 aliphatic carbocycles. The molecule has 2 amide bonds. The summed E-state index contributed by atoms with van der Waals surface area (Å²) in [6.07, 6.45) is 0.877. The summed E-state index contributed by atoms with van der Waals surface area (Å²) in [5.41, 5.74) is 4.32. The number of hydrogen-bond acceptors (Lipinski definition) is 3. The lowest BCUT2D eigenvalue weighted by molar-refractivity contribution is -0.114. The third kappa shape index (κ3) is 5.34. The van der Waals surface area contributed by atoms with E-state index in [-0.39, 0.29) is 24.4 Å². The summed E-state index contributed by atoms with van der Waals surface area (Å²) in [6, 6.07) is 13.1. The molecule has 5 heteroatoms. The molecule has 0 radical (unpaired) electrons. The lowest BCUT2D eigenvalue weighted by atomic mass is 10.1. The summed E-state index contributed by atoms with van der Waals surface area (Å²) in [5.74, 6) is -0.240. The molecule has 2 aromatic rings. The second-order valence-electron chi connectivity index (χ2n) is 6.51. The first-order valence-electron chi connectivity index (χ1n) is 8.91. The highest BCUT2D eigenvalue weighted by Crippen LogP contribution is 2.18. The van der Waals surface area contributed by atoms with Crippen LogP contribution in [0.1, 0.15) is 41.8 Å². The number of rotatable bonds is 7. The maximum absolute atomic E-state index is 12.2. The third-order valence-electron chi connectivity index (χ3n) is 4.45. The molecule has 0 spiro atoms. The van der Waals surface area contributed by atoms with E-state index in [1.54, 1.807) is 18.2 Å². The molecule has 0 saturated carbocycles. The number of carbonyl (C=O) groups is 2. The van der Waals surface area contributed by atoms with Crippen LogP contribution >= 0.6 is 0 Å². The van der Waals surface area contributed by atoms with Crippen molar-refractivity contribution >= 4 is 23.2 Å². The van der Waals surface area contributed by atoms with Gasteiger partial charge < -0.3 is 16.0 Å². The van der Waals surface area contributed by atoms with E-state index < -0.39 is 0 Å². The molecule has 1 atom stereocenters.